The topological polar surface area (TPSA) is 21.3 Å². The zero-order valence-corrected chi connectivity index (χ0v) is 8.75. The summed E-state index contributed by atoms with van der Waals surface area (Å²) in [6, 6.07) is 0.609. The van der Waals surface area contributed by atoms with Gasteiger partial charge in [-0.15, -0.1) is 0 Å². The van der Waals surface area contributed by atoms with Crippen LogP contribution in [0.4, 0.5) is 0 Å². The van der Waals surface area contributed by atoms with Crippen LogP contribution in [0.2, 0.25) is 0 Å². The van der Waals surface area contributed by atoms with Crippen molar-refractivity contribution in [3.63, 3.8) is 0 Å². The Bertz CT molecular complexity index is 167. The Kier molecular flexibility index (Phi) is 2.89. The lowest BCUT2D eigenvalue weighted by atomic mass is 10.0. The molecule has 0 spiro atoms. The van der Waals surface area contributed by atoms with E-state index in [-0.39, 0.29) is 0 Å². The van der Waals surface area contributed by atoms with E-state index < -0.39 is 0 Å². The van der Waals surface area contributed by atoms with Crippen molar-refractivity contribution in [2.24, 2.45) is 5.92 Å². The van der Waals surface area contributed by atoms with Crippen LogP contribution in [0.25, 0.3) is 0 Å². The Morgan fingerprint density at radius 2 is 2.08 bits per heavy atom. The first-order valence-corrected chi connectivity index (χ1v) is 5.62. The monoisotopic (exact) mass is 183 g/mol. The fourth-order valence-electron chi connectivity index (χ4n) is 2.30. The van der Waals surface area contributed by atoms with Gasteiger partial charge in [-0.05, 0) is 39.2 Å². The maximum atomic E-state index is 5.88. The molecule has 2 heteroatoms. The van der Waals surface area contributed by atoms with E-state index in [1.165, 1.54) is 32.1 Å². The number of nitrogens with one attached hydrogen (secondary N) is 1. The fraction of sp³-hybridized carbons (Fsp3) is 1.00. The molecule has 1 aliphatic heterocycles. The standard InChI is InChI=1S/C11H21NO/c1-8-3-6-11(13-8)10(12-2)7-9-4-5-9/h8-12H,3-7H2,1-2H3. The molecule has 76 valence electrons. The Morgan fingerprint density at radius 3 is 2.54 bits per heavy atom. The first-order chi connectivity index (χ1) is 6.29. The number of likely N-dealkylation sites (N-methyl/N-ethyl adjacent to an activating group) is 1. The van der Waals surface area contributed by atoms with Crippen LogP contribution in [0.3, 0.4) is 0 Å². The molecule has 0 radical (unpaired) electrons. The van der Waals surface area contributed by atoms with E-state index in [9.17, 15) is 0 Å². The van der Waals surface area contributed by atoms with Crippen LogP contribution < -0.4 is 5.32 Å². The third kappa shape index (κ3) is 2.44. The van der Waals surface area contributed by atoms with Gasteiger partial charge in [0.25, 0.3) is 0 Å². The molecule has 1 heterocycles. The lowest BCUT2D eigenvalue weighted by molar-refractivity contribution is 0.0305. The smallest absolute Gasteiger partial charge is 0.0732 e. The van der Waals surface area contributed by atoms with Gasteiger partial charge in [0.05, 0.1) is 12.2 Å². The highest BCUT2D eigenvalue weighted by Crippen LogP contribution is 2.36. The van der Waals surface area contributed by atoms with E-state index >= 15 is 0 Å². The molecule has 1 saturated carbocycles. The molecule has 0 aromatic heterocycles. The van der Waals surface area contributed by atoms with Gasteiger partial charge in [0, 0.05) is 6.04 Å². The molecule has 2 fully saturated rings. The van der Waals surface area contributed by atoms with Crippen molar-refractivity contribution in [2.45, 2.75) is 57.3 Å². The Hall–Kier alpha value is -0.0800. The van der Waals surface area contributed by atoms with E-state index in [1.807, 2.05) is 0 Å². The van der Waals surface area contributed by atoms with E-state index in [2.05, 4.69) is 19.3 Å². The third-order valence-corrected chi connectivity index (χ3v) is 3.37. The molecular weight excluding hydrogens is 162 g/mol. The highest BCUT2D eigenvalue weighted by molar-refractivity contribution is 4.87. The van der Waals surface area contributed by atoms with Gasteiger partial charge in [-0.1, -0.05) is 12.8 Å². The van der Waals surface area contributed by atoms with Crippen molar-refractivity contribution < 1.29 is 4.74 Å². The molecular formula is C11H21NO. The Morgan fingerprint density at radius 1 is 1.31 bits per heavy atom. The van der Waals surface area contributed by atoms with E-state index in [1.54, 1.807) is 0 Å². The lowest BCUT2D eigenvalue weighted by Crippen LogP contribution is -2.38. The summed E-state index contributed by atoms with van der Waals surface area (Å²) < 4.78 is 5.88. The zero-order valence-electron chi connectivity index (χ0n) is 8.75. The number of hydrogen-bond acceptors (Lipinski definition) is 2. The molecule has 2 aliphatic rings. The second-order valence-corrected chi connectivity index (χ2v) is 4.64. The first-order valence-electron chi connectivity index (χ1n) is 5.62. The van der Waals surface area contributed by atoms with E-state index in [0.29, 0.717) is 18.2 Å². The normalized spacial score (nSPS) is 36.5. The molecule has 1 N–H and O–H groups in total. The Labute approximate surface area is 81.0 Å². The summed E-state index contributed by atoms with van der Waals surface area (Å²) in [5, 5.41) is 3.41. The van der Waals surface area contributed by atoms with Gasteiger partial charge in [-0.25, -0.2) is 0 Å². The van der Waals surface area contributed by atoms with Gasteiger partial charge >= 0.3 is 0 Å². The summed E-state index contributed by atoms with van der Waals surface area (Å²) >= 11 is 0. The van der Waals surface area contributed by atoms with Crippen LogP contribution in [0, 0.1) is 5.92 Å². The molecule has 0 aromatic carbocycles. The van der Waals surface area contributed by atoms with Gasteiger partial charge in [-0.3, -0.25) is 0 Å². The van der Waals surface area contributed by atoms with Crippen LogP contribution in [0.5, 0.6) is 0 Å². The molecule has 1 aliphatic carbocycles. The molecule has 3 unspecified atom stereocenters. The van der Waals surface area contributed by atoms with Crippen LogP contribution >= 0.6 is 0 Å². The number of rotatable bonds is 4. The van der Waals surface area contributed by atoms with Crippen LogP contribution in [-0.2, 0) is 4.74 Å². The minimum absolute atomic E-state index is 0.486. The van der Waals surface area contributed by atoms with E-state index in [0.717, 1.165) is 5.92 Å². The lowest BCUT2D eigenvalue weighted by Gasteiger charge is -2.22. The molecule has 1 saturated heterocycles. The van der Waals surface area contributed by atoms with Crippen molar-refractivity contribution >= 4 is 0 Å². The van der Waals surface area contributed by atoms with Gasteiger partial charge < -0.3 is 10.1 Å². The zero-order chi connectivity index (χ0) is 9.26. The molecule has 0 aromatic rings. The summed E-state index contributed by atoms with van der Waals surface area (Å²) in [4.78, 5) is 0. The second kappa shape index (κ2) is 3.97. The summed E-state index contributed by atoms with van der Waals surface area (Å²) in [5.74, 6) is 0.997. The maximum Gasteiger partial charge on any atom is 0.0732 e. The fourth-order valence-corrected chi connectivity index (χ4v) is 2.30. The minimum Gasteiger partial charge on any atom is -0.374 e. The van der Waals surface area contributed by atoms with Gasteiger partial charge in [0.1, 0.15) is 0 Å². The molecule has 0 amide bonds. The Balaban J connectivity index is 1.80. The van der Waals surface area contributed by atoms with Crippen molar-refractivity contribution in [1.82, 2.24) is 5.32 Å². The van der Waals surface area contributed by atoms with Crippen molar-refractivity contribution in [2.75, 3.05) is 7.05 Å². The molecule has 2 nitrogen and oxygen atoms in total. The summed E-state index contributed by atoms with van der Waals surface area (Å²) in [6.07, 6.45) is 7.68. The average molecular weight is 183 g/mol. The molecule has 0 bridgehead atoms. The summed E-state index contributed by atoms with van der Waals surface area (Å²) in [6.45, 7) is 2.18. The van der Waals surface area contributed by atoms with Crippen LogP contribution in [0.1, 0.15) is 39.0 Å². The van der Waals surface area contributed by atoms with Crippen molar-refractivity contribution in [3.8, 4) is 0 Å². The first kappa shape index (κ1) is 9.47. The molecule has 13 heavy (non-hydrogen) atoms. The van der Waals surface area contributed by atoms with Crippen molar-refractivity contribution in [1.29, 1.82) is 0 Å². The summed E-state index contributed by atoms with van der Waals surface area (Å²) in [7, 11) is 2.07. The quantitative estimate of drug-likeness (QED) is 0.719. The average Bonchev–Trinajstić information content (AvgIpc) is 2.84. The number of ether oxygens (including phenoxy) is 1. The summed E-state index contributed by atoms with van der Waals surface area (Å²) in [5.41, 5.74) is 0. The van der Waals surface area contributed by atoms with E-state index in [4.69, 9.17) is 4.74 Å². The SMILES string of the molecule is CNC(CC1CC1)C1CCC(C)O1. The molecule has 3 atom stereocenters. The van der Waals surface area contributed by atoms with Crippen LogP contribution in [-0.4, -0.2) is 25.3 Å². The third-order valence-electron chi connectivity index (χ3n) is 3.37. The van der Waals surface area contributed by atoms with Gasteiger partial charge in [0.15, 0.2) is 0 Å². The van der Waals surface area contributed by atoms with Crippen molar-refractivity contribution in [3.05, 3.63) is 0 Å². The maximum absolute atomic E-state index is 5.88. The highest BCUT2D eigenvalue weighted by atomic mass is 16.5. The van der Waals surface area contributed by atoms with Gasteiger partial charge in [0.2, 0.25) is 0 Å². The second-order valence-electron chi connectivity index (χ2n) is 4.64. The largest absolute Gasteiger partial charge is 0.374 e. The highest BCUT2D eigenvalue weighted by Gasteiger charge is 2.33. The predicted octanol–water partition coefficient (Wildman–Crippen LogP) is 1.94. The van der Waals surface area contributed by atoms with Gasteiger partial charge in [-0.2, -0.15) is 0 Å². The van der Waals surface area contributed by atoms with Crippen LogP contribution in [0.15, 0.2) is 0 Å². The minimum atomic E-state index is 0.486. The molecule has 2 rings (SSSR count). The predicted molar refractivity (Wildman–Crippen MR) is 53.8 cm³/mol. The number of hydrogen-bond donors (Lipinski definition) is 1.